The van der Waals surface area contributed by atoms with Crippen LogP contribution in [-0.4, -0.2) is 30.3 Å². The summed E-state index contributed by atoms with van der Waals surface area (Å²) in [5.41, 5.74) is 5.21. The van der Waals surface area contributed by atoms with Crippen LogP contribution in [0.3, 0.4) is 0 Å². The second kappa shape index (κ2) is 5.68. The van der Waals surface area contributed by atoms with E-state index in [1.807, 2.05) is 19.9 Å². The highest BCUT2D eigenvalue weighted by atomic mass is 16.5. The molecule has 0 bridgehead atoms. The van der Waals surface area contributed by atoms with Crippen LogP contribution in [0.4, 0.5) is 0 Å². The van der Waals surface area contributed by atoms with E-state index in [0.29, 0.717) is 14.0 Å². The molecule has 3 nitrogen and oxygen atoms in total. The number of aliphatic hydroxyl groups is 1. The molecule has 0 aromatic carbocycles. The maximum Gasteiger partial charge on any atom is 0.305 e. The molecule has 0 amide bonds. The molecule has 3 N–H and O–H groups in total. The van der Waals surface area contributed by atoms with Crippen molar-refractivity contribution >= 4 is 7.48 Å². The van der Waals surface area contributed by atoms with Gasteiger partial charge in [-0.25, -0.2) is 0 Å². The van der Waals surface area contributed by atoms with E-state index in [9.17, 15) is 5.11 Å². The van der Waals surface area contributed by atoms with Gasteiger partial charge in [0.2, 0.25) is 0 Å². The van der Waals surface area contributed by atoms with Crippen molar-refractivity contribution in [1.29, 1.82) is 0 Å². The monoisotopic (exact) mass is 213 g/mol. The summed E-state index contributed by atoms with van der Waals surface area (Å²) < 4.78 is 5.73. The lowest BCUT2D eigenvalue weighted by atomic mass is 9.81. The summed E-state index contributed by atoms with van der Waals surface area (Å²) in [7, 11) is 0.532. The van der Waals surface area contributed by atoms with Crippen LogP contribution in [0, 0.1) is 0 Å². The van der Waals surface area contributed by atoms with Crippen molar-refractivity contribution in [3.63, 3.8) is 0 Å². The van der Waals surface area contributed by atoms with Gasteiger partial charge in [-0.1, -0.05) is 18.5 Å². The van der Waals surface area contributed by atoms with Crippen molar-refractivity contribution in [2.45, 2.75) is 52.2 Å². The van der Waals surface area contributed by atoms with Gasteiger partial charge in [0.25, 0.3) is 0 Å². The van der Waals surface area contributed by atoms with E-state index >= 15 is 0 Å². The molecule has 0 atom stereocenters. The van der Waals surface area contributed by atoms with Crippen molar-refractivity contribution in [1.82, 2.24) is 0 Å². The van der Waals surface area contributed by atoms with Crippen LogP contribution in [0.25, 0.3) is 0 Å². The third-order valence-electron chi connectivity index (χ3n) is 2.95. The Balaban J connectivity index is 4.31. The summed E-state index contributed by atoms with van der Waals surface area (Å²) in [5.74, 6) is 0. The number of hydrogen-bond donors (Lipinski definition) is 2. The van der Waals surface area contributed by atoms with Crippen LogP contribution >= 0.6 is 0 Å². The summed E-state index contributed by atoms with van der Waals surface area (Å²) in [6.07, 6.45) is 2.90. The molecular formula is C11H24BNO2. The van der Waals surface area contributed by atoms with Crippen molar-refractivity contribution in [2.24, 2.45) is 5.73 Å². The van der Waals surface area contributed by atoms with Crippen molar-refractivity contribution in [2.75, 3.05) is 6.54 Å². The van der Waals surface area contributed by atoms with Gasteiger partial charge in [-0.2, -0.15) is 0 Å². The third kappa shape index (κ3) is 4.82. The smallest absolute Gasteiger partial charge is 0.305 e. The number of rotatable bonds is 6. The van der Waals surface area contributed by atoms with E-state index in [0.717, 1.165) is 6.42 Å². The second-order valence-corrected chi connectivity index (χ2v) is 4.81. The van der Waals surface area contributed by atoms with E-state index in [1.165, 1.54) is 5.47 Å². The van der Waals surface area contributed by atoms with E-state index in [1.54, 1.807) is 13.8 Å². The molecule has 88 valence electrons. The fraction of sp³-hybridized carbons (Fsp3) is 0.818. The topological polar surface area (TPSA) is 55.5 Å². The Kier molecular flexibility index (Phi) is 5.56. The molecule has 0 rings (SSSR count). The van der Waals surface area contributed by atoms with Gasteiger partial charge in [0.15, 0.2) is 0 Å². The maximum atomic E-state index is 9.89. The number of hydrogen-bond acceptors (Lipinski definition) is 3. The Bertz CT molecular complexity index is 219. The normalized spacial score (nSPS) is 14.2. The van der Waals surface area contributed by atoms with Crippen LogP contribution in [0.5, 0.6) is 0 Å². The molecule has 0 radical (unpaired) electrons. The van der Waals surface area contributed by atoms with Crippen LogP contribution in [0.15, 0.2) is 11.5 Å². The average molecular weight is 213 g/mol. The zero-order chi connectivity index (χ0) is 12.1. The minimum atomic E-state index is -0.853. The average Bonchev–Trinajstić information content (AvgIpc) is 2.10. The molecule has 0 unspecified atom stereocenters. The fourth-order valence-electron chi connectivity index (χ4n) is 0.922. The highest BCUT2D eigenvalue weighted by Gasteiger charge is 2.35. The molecule has 0 heterocycles. The van der Waals surface area contributed by atoms with Crippen LogP contribution in [0.2, 0.25) is 0 Å². The Hall–Kier alpha value is -0.315. The molecule has 0 aromatic heterocycles. The maximum absolute atomic E-state index is 9.89. The molecule has 15 heavy (non-hydrogen) atoms. The lowest BCUT2D eigenvalue weighted by Gasteiger charge is -2.37. The lowest BCUT2D eigenvalue weighted by Crippen LogP contribution is -2.48. The summed E-state index contributed by atoms with van der Waals surface area (Å²) in [4.78, 5) is 0. The molecule has 0 saturated carbocycles. The predicted molar refractivity (Wildman–Crippen MR) is 66.0 cm³/mol. The number of allylic oxidation sites excluding steroid dienone is 1. The molecule has 0 aromatic rings. The summed E-state index contributed by atoms with van der Waals surface area (Å²) in [6.45, 7) is 9.90. The van der Waals surface area contributed by atoms with Gasteiger partial charge in [-0.05, 0) is 34.1 Å². The van der Waals surface area contributed by atoms with Crippen LogP contribution in [-0.2, 0) is 4.65 Å². The van der Waals surface area contributed by atoms with Crippen LogP contribution < -0.4 is 5.73 Å². The SMILES string of the molecule is CC/C(BOC(C)(C)C(C)(C)O)=C\CN. The third-order valence-corrected chi connectivity index (χ3v) is 2.95. The molecule has 0 saturated heterocycles. The Labute approximate surface area is 94.0 Å². The summed E-state index contributed by atoms with van der Waals surface area (Å²) in [5, 5.41) is 9.89. The predicted octanol–water partition coefficient (Wildman–Crippen LogP) is 1.16. The Morgan fingerprint density at radius 3 is 2.27 bits per heavy atom. The first-order valence-corrected chi connectivity index (χ1v) is 5.49. The minimum absolute atomic E-state index is 0.532. The zero-order valence-electron chi connectivity index (χ0n) is 10.6. The summed E-state index contributed by atoms with van der Waals surface area (Å²) >= 11 is 0. The van der Waals surface area contributed by atoms with Gasteiger partial charge >= 0.3 is 7.48 Å². The van der Waals surface area contributed by atoms with E-state index in [-0.39, 0.29) is 0 Å². The van der Waals surface area contributed by atoms with Gasteiger partial charge < -0.3 is 15.5 Å². The highest BCUT2D eigenvalue weighted by Crippen LogP contribution is 2.25. The molecule has 0 aliphatic heterocycles. The van der Waals surface area contributed by atoms with Crippen molar-refractivity contribution in [3.8, 4) is 0 Å². The molecule has 0 spiro atoms. The quantitative estimate of drug-likeness (QED) is 0.651. The molecule has 4 heteroatoms. The molecular weight excluding hydrogens is 189 g/mol. The number of nitrogens with two attached hydrogens (primary N) is 1. The van der Waals surface area contributed by atoms with E-state index < -0.39 is 11.2 Å². The first-order chi connectivity index (χ1) is 6.74. The molecule has 0 fully saturated rings. The molecule has 0 aliphatic carbocycles. The van der Waals surface area contributed by atoms with Gasteiger partial charge in [0, 0.05) is 6.54 Å². The second-order valence-electron chi connectivity index (χ2n) is 4.81. The van der Waals surface area contributed by atoms with Gasteiger partial charge in [-0.3, -0.25) is 0 Å². The minimum Gasteiger partial charge on any atom is -0.427 e. The zero-order valence-corrected chi connectivity index (χ0v) is 10.6. The lowest BCUT2D eigenvalue weighted by molar-refractivity contribution is -0.0897. The fourth-order valence-corrected chi connectivity index (χ4v) is 0.922. The van der Waals surface area contributed by atoms with Crippen LogP contribution in [0.1, 0.15) is 41.0 Å². The van der Waals surface area contributed by atoms with Crippen molar-refractivity contribution in [3.05, 3.63) is 11.5 Å². The highest BCUT2D eigenvalue weighted by molar-refractivity contribution is 6.38. The van der Waals surface area contributed by atoms with E-state index in [4.69, 9.17) is 10.4 Å². The van der Waals surface area contributed by atoms with E-state index in [2.05, 4.69) is 6.92 Å². The van der Waals surface area contributed by atoms with Gasteiger partial charge in [0.05, 0.1) is 11.2 Å². The first-order valence-electron chi connectivity index (χ1n) is 5.49. The standard InChI is InChI=1S/C11H24BNO2/c1-6-9(7-8-13)12-15-11(4,5)10(2,3)14/h7,12,14H,6,8,13H2,1-5H3/b9-7+. The van der Waals surface area contributed by atoms with Crippen molar-refractivity contribution < 1.29 is 9.76 Å². The largest absolute Gasteiger partial charge is 0.427 e. The van der Waals surface area contributed by atoms with Gasteiger partial charge in [-0.15, -0.1) is 0 Å². The first kappa shape index (κ1) is 14.7. The Morgan fingerprint density at radius 1 is 1.40 bits per heavy atom. The molecule has 0 aliphatic rings. The summed E-state index contributed by atoms with van der Waals surface area (Å²) in [6, 6.07) is 0. The Morgan fingerprint density at radius 2 is 1.93 bits per heavy atom. The van der Waals surface area contributed by atoms with Gasteiger partial charge in [0.1, 0.15) is 0 Å².